The number of fused-ring (bicyclic) bond motifs is 4. The third-order valence-corrected chi connectivity index (χ3v) is 8.52. The van der Waals surface area contributed by atoms with Crippen molar-refractivity contribution >= 4 is 16.8 Å². The lowest BCUT2D eigenvalue weighted by molar-refractivity contribution is -0.938. The number of quaternary nitrogens is 1. The quantitative estimate of drug-likeness (QED) is 0.308. The molecule has 0 radical (unpaired) electrons. The van der Waals surface area contributed by atoms with Gasteiger partial charge in [0.05, 0.1) is 19.6 Å². The van der Waals surface area contributed by atoms with Crippen molar-refractivity contribution in [1.29, 1.82) is 0 Å². The molecule has 172 valence electrons. The number of aliphatic hydroxyl groups is 1. The standard InChI is InChI=1S/C30H30NO3/c32-26(28-21-23-9-7-8-14-27(23)34-28)22-31-18-15-29(16-19-31,17-20-31)30(33,24-10-3-1-4-11-24)25-12-5-2-6-13-25/h1-14,21,33H,15-20,22H2/q+1. The summed E-state index contributed by atoms with van der Waals surface area (Å²) >= 11 is 0. The minimum Gasteiger partial charge on any atom is -0.453 e. The molecule has 3 aromatic carbocycles. The number of para-hydroxylation sites is 1. The highest BCUT2D eigenvalue weighted by Gasteiger charge is 2.60. The fourth-order valence-corrected chi connectivity index (χ4v) is 6.48. The van der Waals surface area contributed by atoms with Crippen LogP contribution in [0.25, 0.3) is 11.0 Å². The number of piperidine rings is 3. The van der Waals surface area contributed by atoms with E-state index in [1.54, 1.807) is 0 Å². The van der Waals surface area contributed by atoms with Gasteiger partial charge in [0.15, 0.2) is 5.76 Å². The van der Waals surface area contributed by atoms with E-state index in [1.807, 2.05) is 66.7 Å². The Labute approximate surface area is 200 Å². The second-order valence-corrected chi connectivity index (χ2v) is 10.2. The van der Waals surface area contributed by atoms with Crippen LogP contribution in [0.3, 0.4) is 0 Å². The van der Waals surface area contributed by atoms with E-state index in [-0.39, 0.29) is 11.2 Å². The Bertz CT molecular complexity index is 1230. The lowest BCUT2D eigenvalue weighted by Crippen LogP contribution is -2.67. The molecule has 0 saturated carbocycles. The van der Waals surface area contributed by atoms with Crippen molar-refractivity contribution in [2.45, 2.75) is 24.9 Å². The molecule has 4 nitrogen and oxygen atoms in total. The first-order valence-electron chi connectivity index (χ1n) is 12.2. The van der Waals surface area contributed by atoms with Gasteiger partial charge in [-0.2, -0.15) is 0 Å². The molecule has 0 spiro atoms. The van der Waals surface area contributed by atoms with Crippen LogP contribution >= 0.6 is 0 Å². The van der Waals surface area contributed by atoms with Crippen LogP contribution in [-0.2, 0) is 5.60 Å². The largest absolute Gasteiger partial charge is 0.453 e. The van der Waals surface area contributed by atoms with E-state index in [0.717, 1.165) is 65.5 Å². The van der Waals surface area contributed by atoms with E-state index in [4.69, 9.17) is 4.42 Å². The normalized spacial score (nSPS) is 24.4. The average Bonchev–Trinajstić information content (AvgIpc) is 3.35. The van der Waals surface area contributed by atoms with Crippen LogP contribution in [0, 0.1) is 5.41 Å². The molecule has 0 amide bonds. The maximum atomic E-state index is 13.2. The van der Waals surface area contributed by atoms with Gasteiger partial charge in [0.25, 0.3) is 5.78 Å². The van der Waals surface area contributed by atoms with Crippen molar-refractivity contribution in [3.05, 3.63) is 108 Å². The number of benzene rings is 3. The van der Waals surface area contributed by atoms with Gasteiger partial charge in [0, 0.05) is 30.1 Å². The van der Waals surface area contributed by atoms with Gasteiger partial charge in [-0.15, -0.1) is 0 Å². The predicted octanol–water partition coefficient (Wildman–Crippen LogP) is 5.55. The first kappa shape index (κ1) is 21.3. The maximum absolute atomic E-state index is 13.2. The minimum atomic E-state index is -1.05. The molecule has 4 heteroatoms. The Morgan fingerprint density at radius 3 is 1.91 bits per heavy atom. The number of ketones is 1. The lowest BCUT2D eigenvalue weighted by Gasteiger charge is -2.59. The van der Waals surface area contributed by atoms with Crippen molar-refractivity contribution in [2.75, 3.05) is 26.2 Å². The summed E-state index contributed by atoms with van der Waals surface area (Å²) in [5, 5.41) is 13.5. The molecule has 0 aliphatic carbocycles. The van der Waals surface area contributed by atoms with Crippen LogP contribution in [0.1, 0.15) is 40.9 Å². The average molecular weight is 453 g/mol. The van der Waals surface area contributed by atoms with Crippen LogP contribution in [0.15, 0.2) is 95.4 Å². The smallest absolute Gasteiger partial charge is 0.251 e. The molecule has 3 saturated heterocycles. The Morgan fingerprint density at radius 2 is 1.35 bits per heavy atom. The first-order chi connectivity index (χ1) is 16.5. The molecular formula is C30H30NO3+. The van der Waals surface area contributed by atoms with Crippen molar-refractivity contribution in [2.24, 2.45) is 5.41 Å². The van der Waals surface area contributed by atoms with Gasteiger partial charge in [-0.05, 0) is 23.3 Å². The number of Topliss-reactive ketones (excluding diaryl/α,β-unsaturated/α-hetero) is 1. The van der Waals surface area contributed by atoms with Gasteiger partial charge in [-0.3, -0.25) is 4.79 Å². The summed E-state index contributed by atoms with van der Waals surface area (Å²) in [5.41, 5.74) is 1.40. The molecule has 4 heterocycles. The molecule has 3 aliphatic heterocycles. The van der Waals surface area contributed by atoms with Crippen molar-refractivity contribution in [3.8, 4) is 0 Å². The number of rotatable bonds is 6. The monoisotopic (exact) mass is 452 g/mol. The Balaban J connectivity index is 1.28. The van der Waals surface area contributed by atoms with Crippen molar-refractivity contribution < 1.29 is 18.8 Å². The van der Waals surface area contributed by atoms with Gasteiger partial charge in [0.2, 0.25) is 0 Å². The predicted molar refractivity (Wildman–Crippen MR) is 132 cm³/mol. The summed E-state index contributed by atoms with van der Waals surface area (Å²) in [6.45, 7) is 3.15. The molecule has 2 bridgehead atoms. The van der Waals surface area contributed by atoms with Gasteiger partial charge in [-0.1, -0.05) is 78.9 Å². The summed E-state index contributed by atoms with van der Waals surface area (Å²) < 4.78 is 6.65. The first-order valence-corrected chi connectivity index (χ1v) is 12.2. The molecule has 3 fully saturated rings. The van der Waals surface area contributed by atoms with E-state index >= 15 is 0 Å². The zero-order valence-corrected chi connectivity index (χ0v) is 19.3. The summed E-state index contributed by atoms with van der Waals surface area (Å²) in [5.74, 6) is 0.535. The SMILES string of the molecule is O=C(C[N+]12CCC(C(O)(c3ccccc3)c3ccccc3)(CC1)CC2)c1cc2ccccc2o1. The fourth-order valence-electron chi connectivity index (χ4n) is 6.48. The third kappa shape index (κ3) is 3.24. The van der Waals surface area contributed by atoms with E-state index < -0.39 is 5.60 Å². The fraction of sp³-hybridized carbons (Fsp3) is 0.300. The van der Waals surface area contributed by atoms with Crippen molar-refractivity contribution in [1.82, 2.24) is 0 Å². The number of carbonyl (C=O) groups excluding carboxylic acids is 1. The zero-order valence-electron chi connectivity index (χ0n) is 19.3. The summed E-state index contributed by atoms with van der Waals surface area (Å²) in [6, 6.07) is 29.9. The van der Waals surface area contributed by atoms with E-state index in [9.17, 15) is 9.90 Å². The molecule has 1 N–H and O–H groups in total. The van der Waals surface area contributed by atoms with E-state index in [2.05, 4.69) is 24.3 Å². The Kier molecular flexibility index (Phi) is 4.98. The molecule has 1 aromatic heterocycles. The van der Waals surface area contributed by atoms with Crippen LogP contribution in [0.4, 0.5) is 0 Å². The van der Waals surface area contributed by atoms with Crippen LogP contribution < -0.4 is 0 Å². The number of hydrogen-bond donors (Lipinski definition) is 1. The Hall–Kier alpha value is -3.21. The van der Waals surface area contributed by atoms with Crippen LogP contribution in [-0.4, -0.2) is 41.6 Å². The van der Waals surface area contributed by atoms with E-state index in [0.29, 0.717) is 12.3 Å². The molecule has 34 heavy (non-hydrogen) atoms. The highest BCUT2D eigenvalue weighted by Crippen LogP contribution is 2.57. The highest BCUT2D eigenvalue weighted by atomic mass is 16.3. The van der Waals surface area contributed by atoms with Crippen LogP contribution in [0.5, 0.6) is 0 Å². The number of carbonyl (C=O) groups is 1. The summed E-state index contributed by atoms with van der Waals surface area (Å²) in [4.78, 5) is 13.2. The minimum absolute atomic E-state index is 0.0759. The number of furan rings is 1. The van der Waals surface area contributed by atoms with Crippen molar-refractivity contribution in [3.63, 3.8) is 0 Å². The third-order valence-electron chi connectivity index (χ3n) is 8.52. The topological polar surface area (TPSA) is 50.4 Å². The maximum Gasteiger partial charge on any atom is 0.251 e. The number of hydrogen-bond acceptors (Lipinski definition) is 3. The molecule has 3 aliphatic rings. The highest BCUT2D eigenvalue weighted by molar-refractivity contribution is 5.98. The molecular weight excluding hydrogens is 422 g/mol. The number of nitrogens with zero attached hydrogens (tertiary/aromatic N) is 1. The second kappa shape index (κ2) is 7.93. The van der Waals surface area contributed by atoms with E-state index in [1.165, 1.54) is 0 Å². The zero-order chi connectivity index (χ0) is 23.2. The van der Waals surface area contributed by atoms with Gasteiger partial charge < -0.3 is 14.0 Å². The summed E-state index contributed by atoms with van der Waals surface area (Å²) in [7, 11) is 0. The lowest BCUT2D eigenvalue weighted by atomic mass is 9.56. The Morgan fingerprint density at radius 1 is 0.824 bits per heavy atom. The van der Waals surface area contributed by atoms with Gasteiger partial charge >= 0.3 is 0 Å². The van der Waals surface area contributed by atoms with Gasteiger partial charge in [-0.25, -0.2) is 0 Å². The second-order valence-electron chi connectivity index (χ2n) is 10.2. The van der Waals surface area contributed by atoms with Crippen LogP contribution in [0.2, 0.25) is 0 Å². The molecule has 0 unspecified atom stereocenters. The summed E-state index contributed by atoms with van der Waals surface area (Å²) in [6.07, 6.45) is 2.67. The molecule has 7 rings (SSSR count). The molecule has 0 atom stereocenters. The van der Waals surface area contributed by atoms with Gasteiger partial charge in [0.1, 0.15) is 17.7 Å². The molecule has 4 aromatic rings.